The molecule has 142 valence electrons. The molecule has 0 unspecified atom stereocenters. The van der Waals surface area contributed by atoms with E-state index in [4.69, 9.17) is 7.73 Å². The fourth-order valence-corrected chi connectivity index (χ4v) is 3.72. The number of benzene rings is 1. The van der Waals surface area contributed by atoms with Gasteiger partial charge in [0.1, 0.15) is 8.42 Å². The number of pyridine rings is 2. The highest BCUT2D eigenvalue weighted by Crippen LogP contribution is 2.35. The first-order valence-electron chi connectivity index (χ1n) is 11.0. The van der Waals surface area contributed by atoms with Crippen molar-refractivity contribution in [1.29, 1.82) is 0 Å². The molecule has 0 spiro atoms. The van der Waals surface area contributed by atoms with Crippen molar-refractivity contribution in [2.24, 2.45) is 7.05 Å². The number of fused-ring (bicyclic) bond motifs is 1. The molecule has 0 bridgehead atoms. The number of rotatable bonds is 4. The molecule has 0 aliphatic carbocycles. The molecular weight excluding hydrogens is 328 g/mol. The Balaban J connectivity index is 2.47. The van der Waals surface area contributed by atoms with Gasteiger partial charge in [0.15, 0.2) is 6.17 Å². The normalized spacial score (nSPS) is 13.0. The maximum atomic E-state index is 8.58. The minimum absolute atomic E-state index is 0.190. The van der Waals surface area contributed by atoms with Crippen molar-refractivity contribution < 1.29 is 7.31 Å². The summed E-state index contributed by atoms with van der Waals surface area (Å²) < 4.78 is 19.0. The summed E-state index contributed by atoms with van der Waals surface area (Å²) in [6, 6.07) is 8.92. The van der Waals surface area contributed by atoms with Gasteiger partial charge in [-0.15, -0.1) is 0 Å². The molecule has 3 aromatic rings. The van der Waals surface area contributed by atoms with E-state index in [9.17, 15) is 0 Å². The van der Waals surface area contributed by atoms with Crippen molar-refractivity contribution >= 4 is 10.9 Å². The molecule has 0 radical (unpaired) electrons. The topological polar surface area (TPSA) is 16.8 Å². The molecule has 2 heteroatoms. The second-order valence-electron chi connectivity index (χ2n) is 8.52. The van der Waals surface area contributed by atoms with Crippen molar-refractivity contribution in [1.82, 2.24) is 4.98 Å². The van der Waals surface area contributed by atoms with E-state index in [1.807, 2.05) is 11.6 Å². The number of aromatic nitrogens is 2. The van der Waals surface area contributed by atoms with Crippen molar-refractivity contribution in [3.8, 4) is 11.3 Å². The lowest BCUT2D eigenvalue weighted by atomic mass is 9.87. The summed E-state index contributed by atoms with van der Waals surface area (Å²) in [4.78, 5) is 4.79. The van der Waals surface area contributed by atoms with Gasteiger partial charge in [0.2, 0.25) is 5.69 Å². The van der Waals surface area contributed by atoms with Crippen LogP contribution in [0, 0.1) is 6.92 Å². The van der Waals surface area contributed by atoms with Crippen LogP contribution in [0.1, 0.15) is 84.4 Å². The van der Waals surface area contributed by atoms with Gasteiger partial charge in [-0.2, -0.15) is 0 Å². The molecule has 0 fully saturated rings. The Labute approximate surface area is 167 Å². The van der Waals surface area contributed by atoms with E-state index in [0.29, 0.717) is 17.4 Å². The van der Waals surface area contributed by atoms with Gasteiger partial charge in [0.05, 0.1) is 17.8 Å². The van der Waals surface area contributed by atoms with Crippen LogP contribution in [0.15, 0.2) is 36.5 Å². The molecule has 27 heavy (non-hydrogen) atoms. The Bertz CT molecular complexity index is 1080. The van der Waals surface area contributed by atoms with E-state index in [1.54, 1.807) is 0 Å². The predicted octanol–water partition coefficient (Wildman–Crippen LogP) is 6.40. The Morgan fingerprint density at radius 3 is 2.26 bits per heavy atom. The summed E-state index contributed by atoms with van der Waals surface area (Å²) in [5, 5.41) is 0.941. The Kier molecular flexibility index (Phi) is 4.65. The summed E-state index contributed by atoms with van der Waals surface area (Å²) in [5.74, 6) is 1.12. The highest BCUT2D eigenvalue weighted by atomic mass is 14.9. The number of hydrogen-bond acceptors (Lipinski definition) is 1. The van der Waals surface area contributed by atoms with Crippen LogP contribution in [0.3, 0.4) is 0 Å². The van der Waals surface area contributed by atoms with Crippen molar-refractivity contribution in [3.05, 3.63) is 58.9 Å². The zero-order valence-electron chi connectivity index (χ0n) is 19.9. The van der Waals surface area contributed by atoms with Gasteiger partial charge in [0, 0.05) is 11.7 Å². The van der Waals surface area contributed by atoms with Crippen molar-refractivity contribution in [3.63, 3.8) is 0 Å². The van der Waals surface area contributed by atoms with Gasteiger partial charge in [-0.25, -0.2) is 4.57 Å². The number of hydrogen-bond donors (Lipinski definition) is 0. The molecule has 1 aromatic carbocycles. The van der Waals surface area contributed by atoms with Crippen molar-refractivity contribution in [2.75, 3.05) is 0 Å². The first-order valence-corrected chi connectivity index (χ1v) is 9.99. The van der Waals surface area contributed by atoms with Crippen LogP contribution in [0.2, 0.25) is 0 Å². The average Bonchev–Trinajstić information content (AvgIpc) is 2.66. The van der Waals surface area contributed by atoms with E-state index in [-0.39, 0.29) is 18.1 Å². The van der Waals surface area contributed by atoms with Crippen LogP contribution in [-0.2, 0) is 7.05 Å². The first-order chi connectivity index (χ1) is 13.5. The zero-order valence-corrected chi connectivity index (χ0v) is 17.9. The summed E-state index contributed by atoms with van der Waals surface area (Å²) in [7, 11) is 1.89. The summed E-state index contributed by atoms with van der Waals surface area (Å²) >= 11 is 0. The van der Waals surface area contributed by atoms with Gasteiger partial charge in [-0.1, -0.05) is 47.6 Å². The van der Waals surface area contributed by atoms with E-state index in [2.05, 4.69) is 72.7 Å². The van der Waals surface area contributed by atoms with Gasteiger partial charge in [-0.05, 0) is 59.6 Å². The lowest BCUT2D eigenvalue weighted by Gasteiger charge is -2.18. The van der Waals surface area contributed by atoms with Crippen LogP contribution in [0.25, 0.3) is 22.2 Å². The van der Waals surface area contributed by atoms with Gasteiger partial charge < -0.3 is 0 Å². The Morgan fingerprint density at radius 2 is 1.67 bits per heavy atom. The molecular formula is C25H33N2+. The molecule has 0 N–H and O–H groups in total. The maximum absolute atomic E-state index is 8.58. The van der Waals surface area contributed by atoms with Crippen LogP contribution in [0.5, 0.6) is 0 Å². The SMILES string of the molecule is [2H]c1c([2H])[n+](C)c(-c2cc(C(C)C)cc(C(C)C)c2C)c2ccc(C(C)C)nc12. The standard InChI is InChI=1S/C25H33N2/c1-15(2)19-13-21(16(3)4)18(7)22(14-19)25-20-9-10-23(17(5)6)26-24(20)11-12-27(25)8/h9-17H,1-8H3/q+1/i11D,12D. The zero-order chi connectivity index (χ0) is 21.6. The van der Waals surface area contributed by atoms with E-state index >= 15 is 0 Å². The first kappa shape index (κ1) is 16.9. The van der Waals surface area contributed by atoms with Crippen LogP contribution < -0.4 is 4.57 Å². The minimum atomic E-state index is 0.190. The average molecular weight is 364 g/mol. The Hall–Kier alpha value is -2.22. The monoisotopic (exact) mass is 363 g/mol. The second-order valence-corrected chi connectivity index (χ2v) is 8.52. The van der Waals surface area contributed by atoms with E-state index < -0.39 is 0 Å². The third-order valence-electron chi connectivity index (χ3n) is 5.45. The van der Waals surface area contributed by atoms with Gasteiger partial charge >= 0.3 is 0 Å². The van der Waals surface area contributed by atoms with Crippen LogP contribution >= 0.6 is 0 Å². The molecule has 3 rings (SSSR count). The smallest absolute Gasteiger partial charge is 0.222 e. The number of nitrogens with zero attached hydrogens (tertiary/aromatic N) is 2. The van der Waals surface area contributed by atoms with Crippen LogP contribution in [-0.4, -0.2) is 4.98 Å². The van der Waals surface area contributed by atoms with Gasteiger partial charge in [-0.3, -0.25) is 4.98 Å². The third-order valence-corrected chi connectivity index (χ3v) is 5.45. The van der Waals surface area contributed by atoms with Crippen LogP contribution in [0.4, 0.5) is 0 Å². The molecule has 0 saturated carbocycles. The maximum Gasteiger partial charge on any atom is 0.222 e. The quantitative estimate of drug-likeness (QED) is 0.490. The molecule has 0 amide bonds. The van der Waals surface area contributed by atoms with E-state index in [0.717, 1.165) is 22.3 Å². The molecule has 0 aliphatic heterocycles. The molecule has 0 aliphatic rings. The highest BCUT2D eigenvalue weighted by Gasteiger charge is 2.22. The summed E-state index contributed by atoms with van der Waals surface area (Å²) in [6.07, 6.45) is 0.196. The fourth-order valence-electron chi connectivity index (χ4n) is 3.72. The van der Waals surface area contributed by atoms with Gasteiger partial charge in [0.25, 0.3) is 0 Å². The second kappa shape index (κ2) is 7.42. The molecule has 2 aromatic heterocycles. The third kappa shape index (κ3) is 3.63. The lowest BCUT2D eigenvalue weighted by Crippen LogP contribution is -2.31. The summed E-state index contributed by atoms with van der Waals surface area (Å²) in [5.41, 5.74) is 7.58. The largest absolute Gasteiger partial charge is 0.252 e. The minimum Gasteiger partial charge on any atom is -0.252 e. The molecule has 2 heterocycles. The Morgan fingerprint density at radius 1 is 0.963 bits per heavy atom. The van der Waals surface area contributed by atoms with E-state index in [1.165, 1.54) is 16.7 Å². The summed E-state index contributed by atoms with van der Waals surface area (Å²) in [6.45, 7) is 15.3. The highest BCUT2D eigenvalue weighted by molar-refractivity contribution is 5.91. The van der Waals surface area contributed by atoms with Crippen molar-refractivity contribution in [2.45, 2.75) is 66.2 Å². The predicted molar refractivity (Wildman–Crippen MR) is 115 cm³/mol. The lowest BCUT2D eigenvalue weighted by molar-refractivity contribution is -0.659. The molecule has 0 atom stereocenters. The fraction of sp³-hybridized carbons (Fsp3) is 0.440. The molecule has 2 nitrogen and oxygen atoms in total. The molecule has 0 saturated heterocycles.